The fraction of sp³-hybridized carbons (Fsp3) is 1.00. The van der Waals surface area contributed by atoms with Crippen LogP contribution in [0.3, 0.4) is 0 Å². The molecule has 1 saturated carbocycles. The third kappa shape index (κ3) is 3.48. The summed E-state index contributed by atoms with van der Waals surface area (Å²) in [6, 6.07) is 0. The van der Waals surface area contributed by atoms with Crippen LogP contribution in [-0.2, 0) is 10.0 Å². The minimum absolute atomic E-state index is 0.0270. The van der Waals surface area contributed by atoms with E-state index >= 15 is 0 Å². The Morgan fingerprint density at radius 1 is 1.21 bits per heavy atom. The van der Waals surface area contributed by atoms with Crippen molar-refractivity contribution in [3.8, 4) is 0 Å². The van der Waals surface area contributed by atoms with Gasteiger partial charge in [-0.15, -0.1) is 0 Å². The Balaban J connectivity index is 1.84. The maximum absolute atomic E-state index is 11.4. The second kappa shape index (κ2) is 5.31. The zero-order valence-electron chi connectivity index (χ0n) is 12.2. The van der Waals surface area contributed by atoms with Crippen molar-refractivity contribution >= 4 is 10.0 Å². The number of hydrogen-bond acceptors (Lipinski definition) is 4. The number of aliphatic hydroxyl groups excluding tert-OH is 1. The van der Waals surface area contributed by atoms with Crippen LogP contribution in [0, 0.1) is 11.3 Å². The van der Waals surface area contributed by atoms with Crippen LogP contribution in [0.15, 0.2) is 0 Å². The summed E-state index contributed by atoms with van der Waals surface area (Å²) in [5, 5.41) is 10.3. The van der Waals surface area contributed by atoms with Gasteiger partial charge in [-0.05, 0) is 24.2 Å². The van der Waals surface area contributed by atoms with Crippen LogP contribution in [0.4, 0.5) is 0 Å². The molecule has 2 unspecified atom stereocenters. The van der Waals surface area contributed by atoms with Crippen LogP contribution in [-0.4, -0.2) is 67.8 Å². The normalized spacial score (nSPS) is 33.7. The summed E-state index contributed by atoms with van der Waals surface area (Å²) in [6.07, 6.45) is 3.18. The quantitative estimate of drug-likeness (QED) is 0.815. The van der Waals surface area contributed by atoms with Gasteiger partial charge >= 0.3 is 0 Å². The molecule has 1 N–H and O–H groups in total. The fourth-order valence-corrected chi connectivity index (χ4v) is 4.09. The Morgan fingerprint density at radius 2 is 1.79 bits per heavy atom. The average Bonchev–Trinajstić information content (AvgIpc) is 2.56. The lowest BCUT2D eigenvalue weighted by molar-refractivity contribution is 0.0286. The largest absolute Gasteiger partial charge is 0.392 e. The van der Waals surface area contributed by atoms with Gasteiger partial charge in [0, 0.05) is 32.7 Å². The van der Waals surface area contributed by atoms with Crippen LogP contribution in [0.2, 0.25) is 0 Å². The molecule has 5 nitrogen and oxygen atoms in total. The van der Waals surface area contributed by atoms with Gasteiger partial charge in [0.25, 0.3) is 0 Å². The topological polar surface area (TPSA) is 60.9 Å². The molecule has 19 heavy (non-hydrogen) atoms. The summed E-state index contributed by atoms with van der Waals surface area (Å²) in [5.41, 5.74) is 0.0270. The molecule has 6 heteroatoms. The molecule has 1 saturated heterocycles. The number of nitrogens with zero attached hydrogens (tertiary/aromatic N) is 2. The second-order valence-corrected chi connectivity index (χ2v) is 8.68. The van der Waals surface area contributed by atoms with E-state index in [1.165, 1.54) is 6.26 Å². The van der Waals surface area contributed by atoms with Crippen LogP contribution < -0.4 is 0 Å². The Morgan fingerprint density at radius 3 is 2.21 bits per heavy atom. The Bertz CT molecular complexity index is 414. The van der Waals surface area contributed by atoms with Crippen molar-refractivity contribution in [2.45, 2.75) is 32.8 Å². The van der Waals surface area contributed by atoms with E-state index < -0.39 is 10.0 Å². The molecule has 2 aliphatic rings. The smallest absolute Gasteiger partial charge is 0.211 e. The van der Waals surface area contributed by atoms with E-state index in [9.17, 15) is 13.5 Å². The van der Waals surface area contributed by atoms with Crippen molar-refractivity contribution in [2.75, 3.05) is 39.0 Å². The van der Waals surface area contributed by atoms with Crippen molar-refractivity contribution < 1.29 is 13.5 Å². The van der Waals surface area contributed by atoms with Crippen molar-refractivity contribution in [3.63, 3.8) is 0 Å². The predicted octanol–water partition coefficient (Wildman–Crippen LogP) is 0.361. The van der Waals surface area contributed by atoms with E-state index in [0.717, 1.165) is 32.5 Å². The number of sulfonamides is 1. The molecule has 0 aromatic rings. The summed E-state index contributed by atoms with van der Waals surface area (Å²) < 4.78 is 24.4. The number of aliphatic hydroxyl groups is 1. The highest BCUT2D eigenvalue weighted by molar-refractivity contribution is 7.88. The van der Waals surface area contributed by atoms with Crippen molar-refractivity contribution in [1.29, 1.82) is 0 Å². The van der Waals surface area contributed by atoms with Crippen molar-refractivity contribution in [1.82, 2.24) is 9.21 Å². The highest BCUT2D eigenvalue weighted by atomic mass is 32.2. The molecule has 1 aliphatic carbocycles. The average molecular weight is 290 g/mol. The molecule has 112 valence electrons. The highest BCUT2D eigenvalue weighted by Crippen LogP contribution is 2.41. The summed E-state index contributed by atoms with van der Waals surface area (Å²) >= 11 is 0. The highest BCUT2D eigenvalue weighted by Gasteiger charge is 2.41. The van der Waals surface area contributed by atoms with Crippen LogP contribution in [0.25, 0.3) is 0 Å². The molecule has 0 radical (unpaired) electrons. The molecular formula is C13H26N2O3S. The van der Waals surface area contributed by atoms with Crippen molar-refractivity contribution in [2.24, 2.45) is 11.3 Å². The molecule has 2 fully saturated rings. The first kappa shape index (κ1) is 15.2. The zero-order valence-corrected chi connectivity index (χ0v) is 13.0. The minimum atomic E-state index is -3.05. The zero-order chi connectivity index (χ0) is 14.3. The first-order chi connectivity index (χ1) is 8.70. The van der Waals surface area contributed by atoms with Gasteiger partial charge in [0.05, 0.1) is 12.4 Å². The van der Waals surface area contributed by atoms with Gasteiger partial charge in [-0.25, -0.2) is 8.42 Å². The van der Waals surface area contributed by atoms with Crippen LogP contribution in [0.1, 0.15) is 26.7 Å². The van der Waals surface area contributed by atoms with Crippen LogP contribution in [0.5, 0.6) is 0 Å². The van der Waals surface area contributed by atoms with Gasteiger partial charge in [-0.2, -0.15) is 4.31 Å². The van der Waals surface area contributed by atoms with E-state index in [1.807, 2.05) is 0 Å². The second-order valence-electron chi connectivity index (χ2n) is 6.69. The molecule has 1 aliphatic heterocycles. The standard InChI is InChI=1S/C13H26N2O3S/c1-13(2)5-4-11(12(13)16)10-14-6-8-15(9-7-14)19(3,17)18/h11-12,16H,4-10H2,1-3H3. The van der Waals surface area contributed by atoms with Gasteiger partial charge < -0.3 is 10.0 Å². The number of rotatable bonds is 3. The first-order valence-corrected chi connectivity index (χ1v) is 8.90. The summed E-state index contributed by atoms with van der Waals surface area (Å²) in [4.78, 5) is 2.29. The Labute approximate surface area is 116 Å². The molecule has 0 aromatic heterocycles. The molecule has 2 atom stereocenters. The third-order valence-electron chi connectivity index (χ3n) is 4.70. The van der Waals surface area contributed by atoms with Crippen LogP contribution >= 0.6 is 0 Å². The lowest BCUT2D eigenvalue weighted by Crippen LogP contribution is -2.50. The molecule has 2 rings (SSSR count). The van der Waals surface area contributed by atoms with E-state index in [1.54, 1.807) is 4.31 Å². The van der Waals surface area contributed by atoms with E-state index in [0.29, 0.717) is 19.0 Å². The molecule has 0 aromatic carbocycles. The Hall–Kier alpha value is -0.170. The summed E-state index contributed by atoms with van der Waals surface area (Å²) in [7, 11) is -3.05. The third-order valence-corrected chi connectivity index (χ3v) is 6.00. The fourth-order valence-electron chi connectivity index (χ4n) is 3.27. The number of hydrogen-bond donors (Lipinski definition) is 1. The maximum Gasteiger partial charge on any atom is 0.211 e. The monoisotopic (exact) mass is 290 g/mol. The van der Waals surface area contributed by atoms with Gasteiger partial charge in [0.15, 0.2) is 0 Å². The van der Waals surface area contributed by atoms with E-state index in [-0.39, 0.29) is 11.5 Å². The van der Waals surface area contributed by atoms with E-state index in [2.05, 4.69) is 18.7 Å². The van der Waals surface area contributed by atoms with E-state index in [4.69, 9.17) is 0 Å². The molecular weight excluding hydrogens is 264 g/mol. The maximum atomic E-state index is 11.4. The molecule has 0 amide bonds. The molecule has 0 bridgehead atoms. The van der Waals surface area contributed by atoms with Gasteiger partial charge in [-0.1, -0.05) is 13.8 Å². The van der Waals surface area contributed by atoms with Crippen molar-refractivity contribution in [3.05, 3.63) is 0 Å². The predicted molar refractivity (Wildman–Crippen MR) is 75.4 cm³/mol. The van der Waals surface area contributed by atoms with Gasteiger partial charge in [0.1, 0.15) is 0 Å². The molecule has 0 spiro atoms. The first-order valence-electron chi connectivity index (χ1n) is 7.06. The summed E-state index contributed by atoms with van der Waals surface area (Å²) in [5.74, 6) is 0.333. The number of piperazine rings is 1. The summed E-state index contributed by atoms with van der Waals surface area (Å²) in [6.45, 7) is 7.84. The minimum Gasteiger partial charge on any atom is -0.392 e. The lowest BCUT2D eigenvalue weighted by Gasteiger charge is -2.36. The van der Waals surface area contributed by atoms with Gasteiger partial charge in [0.2, 0.25) is 10.0 Å². The SMILES string of the molecule is CC1(C)CCC(CN2CCN(S(C)(=O)=O)CC2)C1O. The Kier molecular flexibility index (Phi) is 4.26. The van der Waals surface area contributed by atoms with Gasteiger partial charge in [-0.3, -0.25) is 0 Å². The lowest BCUT2D eigenvalue weighted by atomic mass is 9.87. The molecule has 1 heterocycles.